The van der Waals surface area contributed by atoms with E-state index in [-0.39, 0.29) is 6.23 Å². The molecule has 0 fully saturated rings. The van der Waals surface area contributed by atoms with Crippen molar-refractivity contribution in [1.82, 2.24) is 15.0 Å². The zero-order chi connectivity index (χ0) is 13.7. The van der Waals surface area contributed by atoms with Crippen LogP contribution in [0, 0.1) is 0 Å². The van der Waals surface area contributed by atoms with Crippen LogP contribution in [-0.4, -0.2) is 21.6 Å². The molecule has 0 aliphatic rings. The second-order valence-electron chi connectivity index (χ2n) is 4.40. The van der Waals surface area contributed by atoms with Gasteiger partial charge in [-0.2, -0.15) is 0 Å². The fraction of sp³-hybridized carbons (Fsp3) is 0.467. The average Bonchev–Trinajstić information content (AvgIpc) is 2.87. The van der Waals surface area contributed by atoms with Crippen LogP contribution in [0.2, 0.25) is 0 Å². The lowest BCUT2D eigenvalue weighted by Gasteiger charge is -2.15. The van der Waals surface area contributed by atoms with Crippen molar-refractivity contribution in [3.8, 4) is 0 Å². The monoisotopic (exact) mass is 259 g/mol. The first-order valence-electron chi connectivity index (χ1n) is 6.91. The van der Waals surface area contributed by atoms with E-state index in [9.17, 15) is 0 Å². The fourth-order valence-electron chi connectivity index (χ4n) is 2.12. The molecule has 2 rings (SSSR count). The molecule has 0 amide bonds. The van der Waals surface area contributed by atoms with E-state index in [1.165, 1.54) is 5.57 Å². The quantitative estimate of drug-likeness (QED) is 0.742. The number of benzene rings is 1. The molecule has 0 spiro atoms. The van der Waals surface area contributed by atoms with Crippen LogP contribution in [0.4, 0.5) is 0 Å². The maximum atomic E-state index is 5.81. The molecule has 1 aromatic carbocycles. The lowest BCUT2D eigenvalue weighted by Crippen LogP contribution is -2.13. The van der Waals surface area contributed by atoms with Gasteiger partial charge in [-0.3, -0.25) is 0 Å². The summed E-state index contributed by atoms with van der Waals surface area (Å²) in [6.45, 7) is 6.98. The molecule has 102 valence electrons. The number of aromatic nitrogens is 3. The second kappa shape index (κ2) is 6.48. The van der Waals surface area contributed by atoms with Gasteiger partial charge in [0.15, 0.2) is 6.23 Å². The largest absolute Gasteiger partial charge is 0.353 e. The van der Waals surface area contributed by atoms with Crippen LogP contribution in [-0.2, 0) is 4.74 Å². The topological polar surface area (TPSA) is 39.9 Å². The van der Waals surface area contributed by atoms with Crippen molar-refractivity contribution in [1.29, 1.82) is 0 Å². The highest BCUT2D eigenvalue weighted by molar-refractivity contribution is 5.74. The van der Waals surface area contributed by atoms with Crippen LogP contribution in [0.1, 0.15) is 39.8 Å². The summed E-state index contributed by atoms with van der Waals surface area (Å²) in [6, 6.07) is 7.95. The summed E-state index contributed by atoms with van der Waals surface area (Å²) >= 11 is 0. The minimum atomic E-state index is -0.174. The number of nitrogens with zero attached hydrogens (tertiary/aromatic N) is 3. The minimum absolute atomic E-state index is 0.174. The molecule has 1 atom stereocenters. The van der Waals surface area contributed by atoms with E-state index in [1.807, 2.05) is 35.9 Å². The van der Waals surface area contributed by atoms with Gasteiger partial charge >= 0.3 is 0 Å². The molecule has 0 aliphatic heterocycles. The van der Waals surface area contributed by atoms with Gasteiger partial charge in [0.25, 0.3) is 0 Å². The number of fused-ring (bicyclic) bond motifs is 1. The van der Waals surface area contributed by atoms with Crippen LogP contribution in [0.25, 0.3) is 11.0 Å². The molecular formula is C15H21N3O. The molecule has 0 saturated carbocycles. The molecule has 1 aromatic heterocycles. The first-order valence-corrected chi connectivity index (χ1v) is 6.91. The van der Waals surface area contributed by atoms with Gasteiger partial charge in [0, 0.05) is 6.61 Å². The Morgan fingerprint density at radius 3 is 2.68 bits per heavy atom. The number of rotatable bonds is 6. The van der Waals surface area contributed by atoms with Gasteiger partial charge in [-0.25, -0.2) is 4.68 Å². The molecule has 0 radical (unpaired) electrons. The summed E-state index contributed by atoms with van der Waals surface area (Å²) in [5.41, 5.74) is 3.27. The third-order valence-corrected chi connectivity index (χ3v) is 3.24. The molecule has 0 saturated heterocycles. The summed E-state index contributed by atoms with van der Waals surface area (Å²) < 4.78 is 7.66. The van der Waals surface area contributed by atoms with Crippen molar-refractivity contribution >= 4 is 11.0 Å². The Kier molecular flexibility index (Phi) is 4.68. The number of hydrogen-bond acceptors (Lipinski definition) is 3. The van der Waals surface area contributed by atoms with Gasteiger partial charge in [0.2, 0.25) is 0 Å². The second-order valence-corrected chi connectivity index (χ2v) is 4.40. The first kappa shape index (κ1) is 13.7. The Morgan fingerprint density at radius 2 is 2.00 bits per heavy atom. The van der Waals surface area contributed by atoms with E-state index in [0.717, 1.165) is 23.9 Å². The fourth-order valence-corrected chi connectivity index (χ4v) is 2.12. The minimum Gasteiger partial charge on any atom is -0.353 e. The van der Waals surface area contributed by atoms with Crippen LogP contribution in [0.5, 0.6) is 0 Å². The lowest BCUT2D eigenvalue weighted by atomic mass is 10.1. The molecule has 1 unspecified atom stereocenters. The Balaban J connectivity index is 2.41. The Bertz CT molecular complexity index is 553. The van der Waals surface area contributed by atoms with Gasteiger partial charge in [0.1, 0.15) is 5.52 Å². The molecule has 1 heterocycles. The highest BCUT2D eigenvalue weighted by Gasteiger charge is 2.13. The molecule has 0 bridgehead atoms. The third-order valence-electron chi connectivity index (χ3n) is 3.24. The molecule has 4 heteroatoms. The van der Waals surface area contributed by atoms with E-state index in [1.54, 1.807) is 0 Å². The molecular weight excluding hydrogens is 238 g/mol. The maximum Gasteiger partial charge on any atom is 0.171 e. The number of para-hydroxylation sites is 1. The SMILES string of the molecule is CCOC(C=C(CC)CC)n1nnc2ccccc21. The predicted molar refractivity (Wildman–Crippen MR) is 76.9 cm³/mol. The van der Waals surface area contributed by atoms with Crippen molar-refractivity contribution in [2.75, 3.05) is 6.61 Å². The highest BCUT2D eigenvalue weighted by Crippen LogP contribution is 2.20. The smallest absolute Gasteiger partial charge is 0.171 e. The third kappa shape index (κ3) is 3.01. The zero-order valence-corrected chi connectivity index (χ0v) is 11.8. The van der Waals surface area contributed by atoms with Crippen molar-refractivity contribution in [3.05, 3.63) is 35.9 Å². The Labute approximate surface area is 114 Å². The van der Waals surface area contributed by atoms with Gasteiger partial charge in [0.05, 0.1) is 5.52 Å². The molecule has 4 nitrogen and oxygen atoms in total. The summed E-state index contributed by atoms with van der Waals surface area (Å²) in [4.78, 5) is 0. The van der Waals surface area contributed by atoms with Crippen LogP contribution in [0.15, 0.2) is 35.9 Å². The van der Waals surface area contributed by atoms with Gasteiger partial charge in [-0.1, -0.05) is 36.8 Å². The van der Waals surface area contributed by atoms with E-state index in [2.05, 4.69) is 30.2 Å². The molecule has 0 aliphatic carbocycles. The molecule has 2 aromatic rings. The average molecular weight is 259 g/mol. The van der Waals surface area contributed by atoms with Gasteiger partial charge < -0.3 is 4.74 Å². The van der Waals surface area contributed by atoms with E-state index in [4.69, 9.17) is 4.74 Å². The molecule has 19 heavy (non-hydrogen) atoms. The van der Waals surface area contributed by atoms with Crippen LogP contribution < -0.4 is 0 Å². The number of allylic oxidation sites excluding steroid dienone is 1. The summed E-state index contributed by atoms with van der Waals surface area (Å²) in [7, 11) is 0. The van der Waals surface area contributed by atoms with Crippen molar-refractivity contribution in [3.63, 3.8) is 0 Å². The summed E-state index contributed by atoms with van der Waals surface area (Å²) in [5, 5.41) is 8.42. The van der Waals surface area contributed by atoms with Crippen molar-refractivity contribution in [2.24, 2.45) is 0 Å². The number of hydrogen-bond donors (Lipinski definition) is 0. The normalized spacial score (nSPS) is 12.6. The highest BCUT2D eigenvalue weighted by atomic mass is 16.5. The van der Waals surface area contributed by atoms with E-state index < -0.39 is 0 Å². The lowest BCUT2D eigenvalue weighted by molar-refractivity contribution is 0.0391. The maximum absolute atomic E-state index is 5.81. The van der Waals surface area contributed by atoms with Crippen molar-refractivity contribution in [2.45, 2.75) is 39.8 Å². The van der Waals surface area contributed by atoms with Crippen LogP contribution >= 0.6 is 0 Å². The Hall–Kier alpha value is -1.68. The van der Waals surface area contributed by atoms with Crippen LogP contribution in [0.3, 0.4) is 0 Å². The zero-order valence-electron chi connectivity index (χ0n) is 11.8. The van der Waals surface area contributed by atoms with Gasteiger partial charge in [-0.05, 0) is 38.0 Å². The van der Waals surface area contributed by atoms with Crippen molar-refractivity contribution < 1.29 is 4.74 Å². The predicted octanol–water partition coefficient (Wildman–Crippen LogP) is 3.71. The Morgan fingerprint density at radius 1 is 1.26 bits per heavy atom. The van der Waals surface area contributed by atoms with E-state index >= 15 is 0 Å². The van der Waals surface area contributed by atoms with Gasteiger partial charge in [-0.15, -0.1) is 5.10 Å². The summed E-state index contributed by atoms with van der Waals surface area (Å²) in [6.07, 6.45) is 4.05. The number of ether oxygens (including phenoxy) is 1. The standard InChI is InChI=1S/C15H21N3O/c1-4-12(5-2)11-15(19-6-3)18-14-10-8-7-9-13(14)16-17-18/h7-11,15H,4-6H2,1-3H3. The first-order chi connectivity index (χ1) is 9.30. The summed E-state index contributed by atoms with van der Waals surface area (Å²) in [5.74, 6) is 0. The van der Waals surface area contributed by atoms with E-state index in [0.29, 0.717) is 6.61 Å². The molecule has 0 N–H and O–H groups in total.